The van der Waals surface area contributed by atoms with E-state index < -0.39 is 0 Å². The van der Waals surface area contributed by atoms with E-state index in [9.17, 15) is 14.4 Å². The fraction of sp³-hybridized carbons (Fsp3) is 0.400. The van der Waals surface area contributed by atoms with Gasteiger partial charge >= 0.3 is 0 Å². The summed E-state index contributed by atoms with van der Waals surface area (Å²) < 4.78 is 1.29. The maximum atomic E-state index is 11.9. The minimum Gasteiger partial charge on any atom is -0.354 e. The summed E-state index contributed by atoms with van der Waals surface area (Å²) >= 11 is 1.31. The first-order chi connectivity index (χ1) is 11.6. The standard InChI is InChI=1S/C15H17N5O3S/c21-12(16-6-7-20-13(22)2-1-5-17-20)8-11-9-24-15(18-11)19-14(23)10-3-4-10/h1-2,5,9-10H,3-4,6-8H2,(H,16,21)(H,18,19,23). The zero-order chi connectivity index (χ0) is 16.9. The Balaban J connectivity index is 1.43. The molecule has 2 aromatic rings. The molecule has 1 fully saturated rings. The molecule has 0 bridgehead atoms. The summed E-state index contributed by atoms with van der Waals surface area (Å²) in [5.41, 5.74) is 0.404. The van der Waals surface area contributed by atoms with Crippen LogP contribution in [0.3, 0.4) is 0 Å². The Hall–Kier alpha value is -2.55. The second-order valence-electron chi connectivity index (χ2n) is 5.52. The molecule has 0 saturated heterocycles. The summed E-state index contributed by atoms with van der Waals surface area (Å²) in [7, 11) is 0. The largest absolute Gasteiger partial charge is 0.354 e. The maximum absolute atomic E-state index is 11.9. The molecule has 1 saturated carbocycles. The number of hydrogen-bond acceptors (Lipinski definition) is 6. The second-order valence-corrected chi connectivity index (χ2v) is 6.38. The van der Waals surface area contributed by atoms with Crippen LogP contribution in [0.15, 0.2) is 28.5 Å². The highest BCUT2D eigenvalue weighted by Crippen LogP contribution is 2.30. The van der Waals surface area contributed by atoms with Crippen LogP contribution in [0.5, 0.6) is 0 Å². The third-order valence-corrected chi connectivity index (χ3v) is 4.31. The van der Waals surface area contributed by atoms with Crippen molar-refractivity contribution in [3.8, 4) is 0 Å². The van der Waals surface area contributed by atoms with Crippen LogP contribution in [0, 0.1) is 5.92 Å². The third kappa shape index (κ3) is 4.48. The van der Waals surface area contributed by atoms with Crippen molar-refractivity contribution in [2.75, 3.05) is 11.9 Å². The number of carbonyl (C=O) groups is 2. The highest BCUT2D eigenvalue weighted by molar-refractivity contribution is 7.13. The number of carbonyl (C=O) groups excluding carboxylic acids is 2. The van der Waals surface area contributed by atoms with Crippen molar-refractivity contribution in [3.63, 3.8) is 0 Å². The Morgan fingerprint density at radius 3 is 2.96 bits per heavy atom. The smallest absolute Gasteiger partial charge is 0.266 e. The Morgan fingerprint density at radius 1 is 1.38 bits per heavy atom. The quantitative estimate of drug-likeness (QED) is 0.754. The number of thiazole rings is 1. The molecule has 2 aromatic heterocycles. The van der Waals surface area contributed by atoms with E-state index in [-0.39, 0.29) is 29.7 Å². The van der Waals surface area contributed by atoms with E-state index >= 15 is 0 Å². The molecule has 1 aliphatic carbocycles. The zero-order valence-corrected chi connectivity index (χ0v) is 13.7. The van der Waals surface area contributed by atoms with Gasteiger partial charge in [0.1, 0.15) is 0 Å². The molecule has 2 heterocycles. The number of hydrogen-bond donors (Lipinski definition) is 2. The van der Waals surface area contributed by atoms with E-state index in [1.165, 1.54) is 28.3 Å². The zero-order valence-electron chi connectivity index (χ0n) is 12.9. The SMILES string of the molecule is O=C(Cc1csc(NC(=O)C2CC2)n1)NCCn1ncccc1=O. The predicted octanol–water partition coefficient (Wildman–Crippen LogP) is 0.407. The number of rotatable bonds is 7. The molecular weight excluding hydrogens is 330 g/mol. The summed E-state index contributed by atoms with van der Waals surface area (Å²) in [6.45, 7) is 0.621. The molecule has 1 aliphatic rings. The van der Waals surface area contributed by atoms with Gasteiger partial charge in [0, 0.05) is 30.1 Å². The fourth-order valence-corrected chi connectivity index (χ4v) is 2.80. The Bertz CT molecular complexity index is 796. The van der Waals surface area contributed by atoms with Gasteiger partial charge in [-0.1, -0.05) is 0 Å². The highest BCUT2D eigenvalue weighted by atomic mass is 32.1. The number of anilines is 1. The lowest BCUT2D eigenvalue weighted by Crippen LogP contribution is -2.32. The van der Waals surface area contributed by atoms with Gasteiger partial charge in [0.25, 0.3) is 5.56 Å². The van der Waals surface area contributed by atoms with Crippen LogP contribution >= 0.6 is 11.3 Å². The van der Waals surface area contributed by atoms with E-state index in [1.54, 1.807) is 11.4 Å². The molecule has 24 heavy (non-hydrogen) atoms. The van der Waals surface area contributed by atoms with Crippen molar-refractivity contribution >= 4 is 28.3 Å². The maximum Gasteiger partial charge on any atom is 0.266 e. The van der Waals surface area contributed by atoms with E-state index in [0.717, 1.165) is 12.8 Å². The van der Waals surface area contributed by atoms with E-state index in [2.05, 4.69) is 20.7 Å². The van der Waals surface area contributed by atoms with Crippen molar-refractivity contribution in [2.24, 2.45) is 5.92 Å². The lowest BCUT2D eigenvalue weighted by molar-refractivity contribution is -0.120. The van der Waals surface area contributed by atoms with Gasteiger partial charge in [-0.05, 0) is 18.9 Å². The average Bonchev–Trinajstić information content (AvgIpc) is 3.32. The topological polar surface area (TPSA) is 106 Å². The van der Waals surface area contributed by atoms with Gasteiger partial charge in [-0.25, -0.2) is 9.67 Å². The molecule has 9 heteroatoms. The van der Waals surface area contributed by atoms with Gasteiger partial charge in [0.05, 0.1) is 18.7 Å². The number of amides is 2. The predicted molar refractivity (Wildman–Crippen MR) is 88.7 cm³/mol. The number of nitrogens with zero attached hydrogens (tertiary/aromatic N) is 3. The minimum absolute atomic E-state index is 0.00107. The van der Waals surface area contributed by atoms with Gasteiger partial charge in [-0.3, -0.25) is 14.4 Å². The molecule has 8 nitrogen and oxygen atoms in total. The molecule has 0 atom stereocenters. The van der Waals surface area contributed by atoms with Gasteiger partial charge in [-0.2, -0.15) is 5.10 Å². The van der Waals surface area contributed by atoms with Gasteiger partial charge in [0.2, 0.25) is 11.8 Å². The lowest BCUT2D eigenvalue weighted by Gasteiger charge is -2.05. The number of aromatic nitrogens is 3. The van der Waals surface area contributed by atoms with Crippen molar-refractivity contribution in [1.29, 1.82) is 0 Å². The summed E-state index contributed by atoms with van der Waals surface area (Å²) in [6, 6.07) is 2.99. The van der Waals surface area contributed by atoms with Gasteiger partial charge in [0.15, 0.2) is 5.13 Å². The second kappa shape index (κ2) is 7.35. The van der Waals surface area contributed by atoms with Crippen molar-refractivity contribution < 1.29 is 9.59 Å². The molecule has 3 rings (SSSR count). The lowest BCUT2D eigenvalue weighted by atomic mass is 10.3. The average molecular weight is 347 g/mol. The van der Waals surface area contributed by atoms with Crippen molar-refractivity contribution in [2.45, 2.75) is 25.8 Å². The van der Waals surface area contributed by atoms with Crippen LogP contribution in [0.2, 0.25) is 0 Å². The monoisotopic (exact) mass is 347 g/mol. The van der Waals surface area contributed by atoms with Crippen LogP contribution in [0.4, 0.5) is 5.13 Å². The van der Waals surface area contributed by atoms with E-state index in [0.29, 0.717) is 23.9 Å². The van der Waals surface area contributed by atoms with Crippen LogP contribution in [0.25, 0.3) is 0 Å². The fourth-order valence-electron chi connectivity index (χ4n) is 2.08. The van der Waals surface area contributed by atoms with Gasteiger partial charge < -0.3 is 10.6 Å². The summed E-state index contributed by atoms with van der Waals surface area (Å²) in [5.74, 6) is -0.0684. The minimum atomic E-state index is -0.206. The third-order valence-electron chi connectivity index (χ3n) is 3.50. The summed E-state index contributed by atoms with van der Waals surface area (Å²) in [4.78, 5) is 39.3. The van der Waals surface area contributed by atoms with Crippen molar-refractivity contribution in [1.82, 2.24) is 20.1 Å². The molecule has 0 aromatic carbocycles. The van der Waals surface area contributed by atoms with E-state index in [4.69, 9.17) is 0 Å². The molecule has 2 amide bonds. The first kappa shape index (κ1) is 16.3. The van der Waals surface area contributed by atoms with Crippen molar-refractivity contribution in [3.05, 3.63) is 39.8 Å². The molecule has 2 N–H and O–H groups in total. The number of nitrogens with one attached hydrogen (secondary N) is 2. The normalized spacial score (nSPS) is 13.5. The van der Waals surface area contributed by atoms with Crippen LogP contribution in [-0.2, 0) is 22.6 Å². The Morgan fingerprint density at radius 2 is 2.21 bits per heavy atom. The molecular formula is C15H17N5O3S. The van der Waals surface area contributed by atoms with Gasteiger partial charge in [-0.15, -0.1) is 11.3 Å². The molecule has 126 valence electrons. The highest BCUT2D eigenvalue weighted by Gasteiger charge is 2.30. The first-order valence-corrected chi connectivity index (χ1v) is 8.54. The molecule has 0 aliphatic heterocycles. The Labute approximate surface area is 141 Å². The van der Waals surface area contributed by atoms with Crippen LogP contribution in [0.1, 0.15) is 18.5 Å². The first-order valence-electron chi connectivity index (χ1n) is 7.66. The molecule has 0 radical (unpaired) electrons. The van der Waals surface area contributed by atoms with Crippen LogP contribution < -0.4 is 16.2 Å². The van der Waals surface area contributed by atoms with E-state index in [1.807, 2.05) is 0 Å². The molecule has 0 spiro atoms. The summed E-state index contributed by atoms with van der Waals surface area (Å²) in [6.07, 6.45) is 3.53. The van der Waals surface area contributed by atoms with Crippen LogP contribution in [-0.4, -0.2) is 33.1 Å². The Kier molecular flexibility index (Phi) is 4.99. The summed E-state index contributed by atoms with van der Waals surface area (Å²) in [5, 5.41) is 11.7. The molecule has 0 unspecified atom stereocenters.